The Labute approximate surface area is 897 Å². The quantitative estimate of drug-likeness (QED) is 0.00893. The highest BCUT2D eigenvalue weighted by atomic mass is 79.9. The van der Waals surface area contributed by atoms with Gasteiger partial charge in [0.1, 0.15) is 75.1 Å². The van der Waals surface area contributed by atoms with E-state index in [0.29, 0.717) is 143 Å². The van der Waals surface area contributed by atoms with Crippen LogP contribution in [0, 0.1) is 0 Å². The smallest absolute Gasteiger partial charge is 0.335 e. The molecule has 4 aromatic carbocycles. The van der Waals surface area contributed by atoms with Gasteiger partial charge in [-0.05, 0) is 313 Å². The van der Waals surface area contributed by atoms with Gasteiger partial charge in [0.15, 0.2) is 16.6 Å². The molecule has 0 bridgehead atoms. The van der Waals surface area contributed by atoms with Gasteiger partial charge in [0.25, 0.3) is 23.0 Å². The summed E-state index contributed by atoms with van der Waals surface area (Å²) in [5.41, 5.74) is 22.0. The lowest BCUT2D eigenvalue weighted by Crippen LogP contribution is -2.40. The number of aliphatic hydroxyl groups excluding tert-OH is 1. The molecule has 147 heavy (non-hydrogen) atoms. The van der Waals surface area contributed by atoms with E-state index in [4.69, 9.17) is 84.0 Å². The van der Waals surface area contributed by atoms with Crippen molar-refractivity contribution >= 4 is 149 Å². The van der Waals surface area contributed by atoms with Crippen LogP contribution in [-0.4, -0.2) is 134 Å². The average molecular weight is 2220 g/mol. The lowest BCUT2D eigenvalue weighted by molar-refractivity contribution is 0.101. The summed E-state index contributed by atoms with van der Waals surface area (Å²) in [6, 6.07) is 47.0. The largest absolute Gasteiger partial charge is 0.493 e. The monoisotopic (exact) mass is 2220 g/mol. The lowest BCUT2D eigenvalue weighted by atomic mass is 10.1. The number of alkyl halides is 1. The molecule has 37 heteroatoms. The van der Waals surface area contributed by atoms with Crippen LogP contribution in [0.25, 0.3) is 0 Å². The molecule has 0 radical (unpaired) electrons. The van der Waals surface area contributed by atoms with E-state index < -0.39 is 29.5 Å². The van der Waals surface area contributed by atoms with E-state index >= 15 is 0 Å². The third-order valence-corrected chi connectivity index (χ3v) is 36.9. The number of halogens is 2. The van der Waals surface area contributed by atoms with Gasteiger partial charge in [-0.15, -0.1) is 0 Å². The normalized spacial score (nSPS) is 11.4. The van der Waals surface area contributed by atoms with Gasteiger partial charge < -0.3 is 88.3 Å². The Morgan fingerprint density at radius 3 is 0.925 bits per heavy atom. The van der Waals surface area contributed by atoms with Crippen LogP contribution in [0.1, 0.15) is 202 Å². The second kappa shape index (κ2) is 61.0. The Morgan fingerprint density at radius 2 is 0.673 bits per heavy atom. The summed E-state index contributed by atoms with van der Waals surface area (Å²) in [4.78, 5) is 70.9. The molecule has 0 aliphatic rings. The van der Waals surface area contributed by atoms with Gasteiger partial charge in [-0.25, -0.2) is 24.9 Å². The van der Waals surface area contributed by atoms with Gasteiger partial charge in [-0.2, -0.15) is 45.3 Å². The number of hydrogen-bond acceptors (Lipinski definition) is 29. The van der Waals surface area contributed by atoms with Crippen molar-refractivity contribution in [1.82, 2.24) is 24.9 Å². The number of aliphatic hydroxyl groups is 1. The molecule has 0 fully saturated rings. The lowest BCUT2D eigenvalue weighted by Gasteiger charge is -2.36. The highest BCUT2D eigenvalue weighted by Gasteiger charge is 2.38. The molecule has 0 spiro atoms. The summed E-state index contributed by atoms with van der Waals surface area (Å²) in [7, 11) is -6.74. The van der Waals surface area contributed by atoms with Crippen LogP contribution in [-0.2, 0) is 79.5 Å². The molecule has 9 heterocycles. The minimum Gasteiger partial charge on any atom is -0.493 e. The number of carbonyl (C=O) groups is 4. The van der Waals surface area contributed by atoms with E-state index in [0.717, 1.165) is 53.3 Å². The number of nitrogens with one attached hydrogen (secondary N) is 3. The highest BCUT2D eigenvalue weighted by Crippen LogP contribution is 2.51. The molecule has 0 unspecified atom stereocenters. The van der Waals surface area contributed by atoms with Gasteiger partial charge in [0.05, 0.1) is 90.0 Å². The Hall–Kier alpha value is -11.3. The number of aromatic nitrogens is 5. The van der Waals surface area contributed by atoms with Gasteiger partial charge in [0.2, 0.25) is 0 Å². The van der Waals surface area contributed by atoms with Crippen molar-refractivity contribution in [3.63, 3.8) is 0 Å². The van der Waals surface area contributed by atoms with E-state index in [1.54, 1.807) is 187 Å². The maximum absolute atomic E-state index is 13.0. The molecular weight excluding hydrogens is 2080 g/mol. The minimum absolute atomic E-state index is 0.00886. The number of hydrogen-bond donors (Lipinski definition) is 6. The molecule has 0 aliphatic carbocycles. The summed E-state index contributed by atoms with van der Waals surface area (Å²) in [6.45, 7) is 45.1. The number of pyridine rings is 5. The van der Waals surface area contributed by atoms with E-state index in [1.165, 1.54) is 22.3 Å². The van der Waals surface area contributed by atoms with Crippen molar-refractivity contribution in [2.24, 2.45) is 0 Å². The Kier molecular flexibility index (Phi) is 50.2. The number of anilines is 5. The molecule has 0 saturated heterocycles. The van der Waals surface area contributed by atoms with E-state index in [2.05, 4.69) is 176 Å². The van der Waals surface area contributed by atoms with Crippen molar-refractivity contribution in [2.75, 3.05) is 67.1 Å². The fourth-order valence-corrected chi connectivity index (χ4v) is 19.3. The number of benzene rings is 4. The van der Waals surface area contributed by atoms with Crippen molar-refractivity contribution in [3.8, 4) is 46.0 Å². The van der Waals surface area contributed by atoms with Crippen molar-refractivity contribution in [3.05, 3.63) is 304 Å². The predicted octanol–water partition coefficient (Wildman–Crippen LogP) is 27.5. The number of amides is 3. The van der Waals surface area contributed by atoms with Gasteiger partial charge in [-0.3, -0.25) is 23.7 Å². The number of nitrogen functional groups attached to an aromatic ring is 2. The molecule has 0 atom stereocenters. The van der Waals surface area contributed by atoms with Crippen molar-refractivity contribution < 1.29 is 84.6 Å². The molecule has 9 aromatic heterocycles. The van der Waals surface area contributed by atoms with E-state index in [1.807, 2.05) is 108 Å². The standard InChI is InChI=1S/C28H38N2O4SSi.C26H33N2O6PS.C22H23BrN2O3S.C16H17ClO3S.C12H22N2OSi.C6H8N2O/c1-20(2)34-25-15-23(14-24(16-25)32-12-10-21-11-13-35-19-21)27(31)30-26-9-8-22(17-29-26)18-33-36(6,7)28(3,4)5;1-5-32-35(30,33-6-2)17-21-7-8-25(27-16-21)28-26(29)22-13-23(15-24(14-22)34-19(3)4)31-11-9-20-10-12-36-18-20;1-15(2)28-20-10-18(22(26)25-21-4-3-17(12-23)13-24-21)9-19(11-20)27-7-5-16-6-8-29-14-16;1-11(2)20-15-8-13(16(17)18)7-14(9-15)19-5-3-12-4-6-21-10-12;1-12(2,3)16(4,5)15-9-10-6-7-11(13)14-8-10;7-6-2-1-5(4-9)3-8-6/h8-9,11,13-17,19-20H,10,12,18H2,1-7H3,(H,29,30,31);7-8,10,12-16,18-19H,5-6,9,11,17H2,1-4H3,(H,27,28,29);3-4,6,8-11,13-15H,5,7,12H2,1-2H3,(H,24,25,26);4,6-11H,3,5H2,1-2H3;6-8H,9H2,1-5H3,(H2,13,14);1-3,9H,4H2,(H2,7,8). The summed E-state index contributed by atoms with van der Waals surface area (Å²) < 4.78 is 82.3. The predicted molar refractivity (Wildman–Crippen MR) is 604 cm³/mol. The highest BCUT2D eigenvalue weighted by molar-refractivity contribution is 9.08. The summed E-state index contributed by atoms with van der Waals surface area (Å²) in [5.74, 6) is 6.15. The summed E-state index contributed by atoms with van der Waals surface area (Å²) in [5, 5.41) is 34.2. The zero-order valence-corrected chi connectivity index (χ0v) is 96.0. The van der Waals surface area contributed by atoms with E-state index in [9.17, 15) is 23.7 Å². The molecule has 0 aliphatic heterocycles. The van der Waals surface area contributed by atoms with Crippen LogP contribution in [0.4, 0.5) is 29.1 Å². The number of thiophene rings is 4. The third-order valence-electron chi connectivity index (χ3n) is 22.0. The van der Waals surface area contributed by atoms with Gasteiger partial charge in [-0.1, -0.05) is 87.8 Å². The molecule has 0 saturated carbocycles. The maximum Gasteiger partial charge on any atom is 0.335 e. The number of nitrogens with two attached hydrogens (primary N) is 2. The van der Waals surface area contributed by atoms with Crippen LogP contribution in [0.2, 0.25) is 36.3 Å². The molecule has 13 aromatic rings. The van der Waals surface area contributed by atoms with Gasteiger partial charge in [0, 0.05) is 109 Å². The van der Waals surface area contributed by atoms with E-state index in [-0.39, 0.29) is 78.2 Å². The molecule has 790 valence electrons. The van der Waals surface area contributed by atoms with Crippen LogP contribution >= 0.6 is 80.5 Å². The van der Waals surface area contributed by atoms with Crippen LogP contribution in [0.5, 0.6) is 46.0 Å². The van der Waals surface area contributed by atoms with Crippen LogP contribution < -0.4 is 65.3 Å². The number of carbonyl (C=O) groups excluding carboxylic acids is 4. The van der Waals surface area contributed by atoms with Crippen LogP contribution in [0.15, 0.2) is 232 Å². The molecular formula is C110H141BrClN10O18PS4Si2. The maximum atomic E-state index is 13.0. The first-order valence-corrected chi connectivity index (χ1v) is 61.2. The second-order valence-corrected chi connectivity index (χ2v) is 53.5. The van der Waals surface area contributed by atoms with Crippen molar-refractivity contribution in [2.45, 2.75) is 228 Å². The average Bonchev–Trinajstić information content (AvgIpc) is 1.85. The molecule has 3 amide bonds. The SMILES string of the molecule is CC(C)(C)[Si](C)(C)OCc1ccc(N)nc1.CC(C)Oc1cc(OCCc2ccsc2)cc(C(=O)Cl)c1.CC(C)Oc1cc(OCCc2ccsc2)cc(C(=O)Nc2ccc(CBr)cn2)c1.CC(C)Oc1cc(OCCc2ccsc2)cc(C(=O)Nc2ccc(CO[Si](C)(C)C(C)(C)C)cn2)c1.CCOP(=O)(Cc1ccc(NC(=O)c2cc(OCCc3ccsc3)cc(OC(C)C)c2)nc1)OCC.Nc1ccc(CO)cn1. The minimum atomic E-state index is -3.23. The van der Waals surface area contributed by atoms with Crippen molar-refractivity contribution in [1.29, 1.82) is 0 Å². The summed E-state index contributed by atoms with van der Waals surface area (Å²) in [6.07, 6.45) is 11.6. The second-order valence-electron chi connectivity index (χ2n) is 37.8. The fraction of sp³-hybridized carbons (Fsp3) is 0.373. The fourth-order valence-electron chi connectivity index (χ4n) is 12.4. The molecule has 13 rings (SSSR count). The Balaban J connectivity index is 0.000000224. The Morgan fingerprint density at radius 1 is 0.395 bits per heavy atom. The third kappa shape index (κ3) is 45.0. The summed E-state index contributed by atoms with van der Waals surface area (Å²) >= 11 is 15.6. The topological polar surface area (TPSA) is 369 Å². The first-order chi connectivity index (χ1) is 69.8. The first kappa shape index (κ1) is 121. The first-order valence-electron chi connectivity index (χ1n) is 48.4. The number of rotatable bonds is 45. The van der Waals surface area contributed by atoms with Gasteiger partial charge >= 0.3 is 7.60 Å². The number of ether oxygens (including phenoxy) is 8. The molecule has 28 nitrogen and oxygen atoms in total. The van der Waals surface area contributed by atoms with Crippen LogP contribution in [0.3, 0.4) is 0 Å². The molecule has 8 N–H and O–H groups in total. The zero-order valence-electron chi connectivity index (χ0n) is 87.5. The zero-order chi connectivity index (χ0) is 107. The number of nitrogens with zero attached hydrogens (tertiary/aromatic N) is 5. The Bertz CT molecular complexity index is 6140.